The Morgan fingerprint density at radius 3 is 2.37 bits per heavy atom. The second-order valence-electron chi connectivity index (χ2n) is 9.81. The Morgan fingerprint density at radius 1 is 0.951 bits per heavy atom. The Labute approximate surface area is 240 Å². The molecule has 1 aliphatic heterocycles. The van der Waals surface area contributed by atoms with Crippen LogP contribution in [0.5, 0.6) is 23.0 Å². The molecule has 10 heteroatoms. The average Bonchev–Trinajstić information content (AvgIpc) is 3.50. The number of carbonyl (C=O) groups is 1. The number of urea groups is 1. The van der Waals surface area contributed by atoms with Gasteiger partial charge in [-0.3, -0.25) is 4.90 Å². The van der Waals surface area contributed by atoms with Crippen LogP contribution >= 0.6 is 0 Å². The van der Waals surface area contributed by atoms with Crippen molar-refractivity contribution in [3.8, 4) is 34.1 Å². The third kappa shape index (κ3) is 7.20. The van der Waals surface area contributed by atoms with Crippen LogP contribution in [-0.4, -0.2) is 69.4 Å². The minimum absolute atomic E-state index is 0.406. The molecule has 0 aromatic heterocycles. The van der Waals surface area contributed by atoms with Crippen LogP contribution in [-0.2, 0) is 0 Å². The lowest BCUT2D eigenvalue weighted by molar-refractivity contribution is 0.237. The number of amides is 2. The van der Waals surface area contributed by atoms with E-state index in [1.54, 1.807) is 39.3 Å². The molecule has 218 valence electrons. The van der Waals surface area contributed by atoms with E-state index in [1.165, 1.54) is 20.0 Å². The van der Waals surface area contributed by atoms with E-state index in [0.717, 1.165) is 36.5 Å². The summed E-state index contributed by atoms with van der Waals surface area (Å²) in [4.78, 5) is 15.4. The summed E-state index contributed by atoms with van der Waals surface area (Å²) in [6, 6.07) is 14.2. The van der Waals surface area contributed by atoms with E-state index in [-0.39, 0.29) is 0 Å². The topological polar surface area (TPSA) is 114 Å². The number of oxime groups is 1. The molecule has 1 aliphatic rings. The minimum Gasteiger partial charge on any atom is -0.496 e. The van der Waals surface area contributed by atoms with Crippen molar-refractivity contribution in [2.45, 2.75) is 26.7 Å². The first kappa shape index (κ1) is 29.5. The highest BCUT2D eigenvalue weighted by molar-refractivity contribution is 6.02. The molecule has 3 aromatic carbocycles. The molecule has 0 spiro atoms. The van der Waals surface area contributed by atoms with Crippen LogP contribution in [0, 0.1) is 6.92 Å². The number of ether oxygens (including phenoxy) is 4. The van der Waals surface area contributed by atoms with Crippen LogP contribution in [0.4, 0.5) is 16.2 Å². The number of anilines is 2. The molecule has 0 saturated carbocycles. The lowest BCUT2D eigenvalue weighted by atomic mass is 9.99. The molecule has 1 saturated heterocycles. The van der Waals surface area contributed by atoms with E-state index in [4.69, 9.17) is 18.9 Å². The summed E-state index contributed by atoms with van der Waals surface area (Å²) in [5.74, 6) is 2.24. The molecule has 4 rings (SSSR count). The molecule has 0 bridgehead atoms. The fourth-order valence-electron chi connectivity index (χ4n) is 4.91. The molecule has 3 N–H and O–H groups in total. The Hall–Kier alpha value is -4.44. The summed E-state index contributed by atoms with van der Waals surface area (Å²) in [7, 11) is 4.63. The number of carbonyl (C=O) groups excluding carboxylic acids is 1. The van der Waals surface area contributed by atoms with E-state index >= 15 is 0 Å². The normalized spacial score (nSPS) is 13.5. The smallest absolute Gasteiger partial charge is 0.323 e. The van der Waals surface area contributed by atoms with Crippen molar-refractivity contribution in [3.05, 3.63) is 59.7 Å². The van der Waals surface area contributed by atoms with Crippen LogP contribution in [0.2, 0.25) is 0 Å². The molecule has 0 atom stereocenters. The van der Waals surface area contributed by atoms with Crippen molar-refractivity contribution in [1.82, 2.24) is 4.90 Å². The van der Waals surface area contributed by atoms with E-state index in [9.17, 15) is 10.0 Å². The van der Waals surface area contributed by atoms with Gasteiger partial charge in [0.15, 0.2) is 11.5 Å². The standard InChI is InChI=1S/C31H38N4O6/c1-20-16-24(41-15-14-35-12-6-7-13-35)9-11-27(20)33-31(36)32-23-18-26(30(40-5)29(19-23)39-4)22-8-10-25(21(2)34-37)28(17-22)38-3/h8-11,16-19,37H,6-7,12-15H2,1-5H3,(H2,32,33,36)/b34-21+. The summed E-state index contributed by atoms with van der Waals surface area (Å²) in [6.45, 7) is 7.45. The van der Waals surface area contributed by atoms with Gasteiger partial charge < -0.3 is 34.8 Å². The molecular weight excluding hydrogens is 524 g/mol. The summed E-state index contributed by atoms with van der Waals surface area (Å²) in [5, 5.41) is 18.3. The van der Waals surface area contributed by atoms with Crippen LogP contribution in [0.25, 0.3) is 11.1 Å². The fourth-order valence-corrected chi connectivity index (χ4v) is 4.91. The SMILES string of the molecule is COc1cc(-c2cc(NC(=O)Nc3ccc(OCCN4CCCC4)cc3C)cc(OC)c2OC)ccc1/C(C)=N/O. The predicted molar refractivity (Wildman–Crippen MR) is 161 cm³/mol. The van der Waals surface area contributed by atoms with Crippen LogP contribution < -0.4 is 29.6 Å². The van der Waals surface area contributed by atoms with Gasteiger partial charge in [-0.15, -0.1) is 0 Å². The number of hydrogen-bond donors (Lipinski definition) is 3. The average molecular weight is 563 g/mol. The third-order valence-electron chi connectivity index (χ3n) is 7.11. The Balaban J connectivity index is 1.50. The lowest BCUT2D eigenvalue weighted by Crippen LogP contribution is -2.25. The van der Waals surface area contributed by atoms with Crippen molar-refractivity contribution in [2.24, 2.45) is 5.16 Å². The first-order chi connectivity index (χ1) is 19.9. The number of aryl methyl sites for hydroxylation is 1. The number of nitrogens with one attached hydrogen (secondary N) is 2. The van der Waals surface area contributed by atoms with E-state index < -0.39 is 6.03 Å². The summed E-state index contributed by atoms with van der Waals surface area (Å²) in [6.07, 6.45) is 2.52. The molecule has 0 unspecified atom stereocenters. The van der Waals surface area contributed by atoms with Gasteiger partial charge in [0.05, 0.1) is 27.0 Å². The van der Waals surface area contributed by atoms with Crippen LogP contribution in [0.1, 0.15) is 30.9 Å². The van der Waals surface area contributed by atoms with E-state index in [2.05, 4.69) is 20.7 Å². The van der Waals surface area contributed by atoms with E-state index in [1.807, 2.05) is 37.3 Å². The van der Waals surface area contributed by atoms with Gasteiger partial charge in [0.25, 0.3) is 0 Å². The second kappa shape index (κ2) is 13.8. The van der Waals surface area contributed by atoms with Gasteiger partial charge >= 0.3 is 6.03 Å². The number of hydrogen-bond acceptors (Lipinski definition) is 8. The zero-order valence-electron chi connectivity index (χ0n) is 24.2. The van der Waals surface area contributed by atoms with Gasteiger partial charge in [0.2, 0.25) is 0 Å². The third-order valence-corrected chi connectivity index (χ3v) is 7.11. The fraction of sp³-hybridized carbons (Fsp3) is 0.355. The quantitative estimate of drug-likeness (QED) is 0.149. The number of nitrogens with zero attached hydrogens (tertiary/aromatic N) is 2. The zero-order chi connectivity index (χ0) is 29.4. The highest BCUT2D eigenvalue weighted by Gasteiger charge is 2.18. The Bertz CT molecular complexity index is 1400. The lowest BCUT2D eigenvalue weighted by Gasteiger charge is -2.18. The maximum absolute atomic E-state index is 13.0. The highest BCUT2D eigenvalue weighted by atomic mass is 16.5. The molecule has 2 amide bonds. The summed E-state index contributed by atoms with van der Waals surface area (Å²) >= 11 is 0. The number of rotatable bonds is 11. The summed E-state index contributed by atoms with van der Waals surface area (Å²) < 4.78 is 22.7. The van der Waals surface area contributed by atoms with Gasteiger partial charge in [0.1, 0.15) is 18.1 Å². The van der Waals surface area contributed by atoms with Gasteiger partial charge in [-0.25, -0.2) is 4.79 Å². The van der Waals surface area contributed by atoms with Gasteiger partial charge in [-0.2, -0.15) is 0 Å². The summed E-state index contributed by atoms with van der Waals surface area (Å²) in [5.41, 5.74) is 4.57. The van der Waals surface area contributed by atoms with Crippen molar-refractivity contribution >= 4 is 23.1 Å². The molecule has 3 aromatic rings. The molecule has 0 radical (unpaired) electrons. The maximum atomic E-state index is 13.0. The number of methoxy groups -OCH3 is 3. The monoisotopic (exact) mass is 562 g/mol. The van der Waals surface area contributed by atoms with Crippen molar-refractivity contribution in [1.29, 1.82) is 0 Å². The Kier molecular flexibility index (Phi) is 9.91. The Morgan fingerprint density at radius 2 is 1.71 bits per heavy atom. The highest BCUT2D eigenvalue weighted by Crippen LogP contribution is 2.42. The molecule has 0 aliphatic carbocycles. The van der Waals surface area contributed by atoms with Crippen molar-refractivity contribution < 1.29 is 28.9 Å². The molecule has 1 heterocycles. The molecule has 1 fully saturated rings. The number of likely N-dealkylation sites (tertiary alicyclic amines) is 1. The maximum Gasteiger partial charge on any atom is 0.323 e. The zero-order valence-corrected chi connectivity index (χ0v) is 24.2. The first-order valence-electron chi connectivity index (χ1n) is 13.5. The second-order valence-corrected chi connectivity index (χ2v) is 9.81. The minimum atomic E-state index is -0.406. The van der Waals surface area contributed by atoms with Crippen molar-refractivity contribution in [2.75, 3.05) is 58.2 Å². The predicted octanol–water partition coefficient (Wildman–Crippen LogP) is 6.00. The largest absolute Gasteiger partial charge is 0.496 e. The molecular formula is C31H38N4O6. The van der Waals surface area contributed by atoms with E-state index in [0.29, 0.717) is 52.1 Å². The van der Waals surface area contributed by atoms with Crippen molar-refractivity contribution in [3.63, 3.8) is 0 Å². The first-order valence-corrected chi connectivity index (χ1v) is 13.5. The van der Waals surface area contributed by atoms with Crippen LogP contribution in [0.3, 0.4) is 0 Å². The van der Waals surface area contributed by atoms with Crippen LogP contribution in [0.15, 0.2) is 53.7 Å². The molecule has 41 heavy (non-hydrogen) atoms. The van der Waals surface area contributed by atoms with Gasteiger partial charge in [-0.1, -0.05) is 11.2 Å². The van der Waals surface area contributed by atoms with Gasteiger partial charge in [-0.05, 0) is 87.3 Å². The number of benzene rings is 3. The van der Waals surface area contributed by atoms with Gasteiger partial charge in [0, 0.05) is 35.1 Å². The molecule has 10 nitrogen and oxygen atoms in total.